The van der Waals surface area contributed by atoms with E-state index in [9.17, 15) is 30.7 Å². The summed E-state index contributed by atoms with van der Waals surface area (Å²) in [7, 11) is 0. The fourth-order valence-electron chi connectivity index (χ4n) is 6.18. The van der Waals surface area contributed by atoms with Gasteiger partial charge in [-0.25, -0.2) is 22.0 Å². The molecule has 2 saturated carbocycles. The Morgan fingerprint density at radius 1 is 0.722 bits per heavy atom. The van der Waals surface area contributed by atoms with Gasteiger partial charge in [0.1, 0.15) is 22.9 Å². The summed E-state index contributed by atoms with van der Waals surface area (Å²) in [6, 6.07) is 2.15. The van der Waals surface area contributed by atoms with E-state index in [4.69, 9.17) is 0 Å². The molecular weight excluding hydrogens is 485 g/mol. The molecule has 0 aliphatic heterocycles. The summed E-state index contributed by atoms with van der Waals surface area (Å²) in [6.07, 6.45) is 6.29. The van der Waals surface area contributed by atoms with Crippen molar-refractivity contribution in [1.82, 2.24) is 0 Å². The van der Waals surface area contributed by atoms with Gasteiger partial charge in [-0.1, -0.05) is 32.6 Å². The molecule has 36 heavy (non-hydrogen) atoms. The zero-order valence-corrected chi connectivity index (χ0v) is 20.2. The van der Waals surface area contributed by atoms with E-state index in [1.807, 2.05) is 0 Å². The predicted octanol–water partition coefficient (Wildman–Crippen LogP) is 9.39. The van der Waals surface area contributed by atoms with Crippen molar-refractivity contribution in [2.45, 2.75) is 83.2 Å². The van der Waals surface area contributed by atoms with Crippen LogP contribution in [-0.2, 0) is 6.11 Å². The van der Waals surface area contributed by atoms with Crippen LogP contribution in [-0.4, -0.2) is 0 Å². The molecule has 2 aromatic rings. The van der Waals surface area contributed by atoms with E-state index in [0.717, 1.165) is 43.7 Å². The van der Waals surface area contributed by atoms with Crippen LogP contribution in [0.25, 0.3) is 0 Å². The molecule has 0 radical (unpaired) electrons. The molecule has 2 aromatic carbocycles. The minimum absolute atomic E-state index is 0.134. The zero-order chi connectivity index (χ0) is 26.0. The lowest BCUT2D eigenvalue weighted by Crippen LogP contribution is -2.27. The van der Waals surface area contributed by atoms with Crippen LogP contribution in [0.2, 0.25) is 0 Å². The molecule has 0 unspecified atom stereocenters. The number of hydrogen-bond donors (Lipinski definition) is 0. The van der Waals surface area contributed by atoms with Crippen molar-refractivity contribution in [2.75, 3.05) is 0 Å². The molecule has 198 valence electrons. The first-order valence-corrected chi connectivity index (χ1v) is 12.8. The van der Waals surface area contributed by atoms with Crippen molar-refractivity contribution in [3.05, 3.63) is 64.5 Å². The second kappa shape index (κ2) is 11.0. The summed E-state index contributed by atoms with van der Waals surface area (Å²) >= 11 is 0. The summed E-state index contributed by atoms with van der Waals surface area (Å²) in [4.78, 5) is 0. The number of alkyl halides is 2. The summed E-state index contributed by atoms with van der Waals surface area (Å²) < 4.78 is 103. The third-order valence-electron chi connectivity index (χ3n) is 8.06. The van der Waals surface area contributed by atoms with Crippen LogP contribution in [0, 0.1) is 46.8 Å². The van der Waals surface area contributed by atoms with Crippen LogP contribution in [0.4, 0.5) is 30.7 Å². The van der Waals surface area contributed by atoms with Gasteiger partial charge in [0.2, 0.25) is 0 Å². The first kappa shape index (κ1) is 26.8. The SMILES string of the molecule is CCC[C@H]1CC[C@H](C2CCC(c3cc(F)c(C(F)(F)Oc4cc(F)c(F)c(F)c4)c(F)c3)CC2)CC1. The van der Waals surface area contributed by atoms with E-state index in [2.05, 4.69) is 11.7 Å². The van der Waals surface area contributed by atoms with Crippen LogP contribution < -0.4 is 4.74 Å². The van der Waals surface area contributed by atoms with Gasteiger partial charge in [-0.3, -0.25) is 0 Å². The Hall–Kier alpha value is -2.25. The molecule has 8 heteroatoms. The molecule has 2 aliphatic rings. The minimum atomic E-state index is -4.57. The van der Waals surface area contributed by atoms with Crippen LogP contribution in [0.15, 0.2) is 24.3 Å². The Morgan fingerprint density at radius 3 is 1.72 bits per heavy atom. The topological polar surface area (TPSA) is 9.23 Å². The van der Waals surface area contributed by atoms with E-state index in [0.29, 0.717) is 17.4 Å². The van der Waals surface area contributed by atoms with Crippen molar-refractivity contribution >= 4 is 0 Å². The van der Waals surface area contributed by atoms with Crippen LogP contribution in [0.1, 0.15) is 88.2 Å². The lowest BCUT2D eigenvalue weighted by Gasteiger charge is -2.38. The minimum Gasteiger partial charge on any atom is -0.429 e. The summed E-state index contributed by atoms with van der Waals surface area (Å²) in [5.41, 5.74) is -1.34. The molecule has 2 aliphatic carbocycles. The fraction of sp³-hybridized carbons (Fsp3) is 0.571. The smallest absolute Gasteiger partial charge is 0.429 e. The first-order chi connectivity index (χ1) is 17.1. The van der Waals surface area contributed by atoms with Gasteiger partial charge in [0.05, 0.1) is 0 Å². The van der Waals surface area contributed by atoms with E-state index < -0.39 is 46.5 Å². The van der Waals surface area contributed by atoms with Crippen molar-refractivity contribution in [1.29, 1.82) is 0 Å². The molecule has 0 amide bonds. The van der Waals surface area contributed by atoms with Crippen molar-refractivity contribution in [3.8, 4) is 5.75 Å². The number of rotatable bonds is 7. The third kappa shape index (κ3) is 5.83. The summed E-state index contributed by atoms with van der Waals surface area (Å²) in [5.74, 6) is -7.53. The fourth-order valence-corrected chi connectivity index (χ4v) is 6.18. The maximum atomic E-state index is 14.7. The molecule has 0 bridgehead atoms. The lowest BCUT2D eigenvalue weighted by molar-refractivity contribution is -0.189. The molecule has 0 heterocycles. The highest BCUT2D eigenvalue weighted by Crippen LogP contribution is 2.45. The number of benzene rings is 2. The van der Waals surface area contributed by atoms with Gasteiger partial charge in [0.15, 0.2) is 17.5 Å². The van der Waals surface area contributed by atoms with E-state index >= 15 is 0 Å². The second-order valence-corrected chi connectivity index (χ2v) is 10.4. The van der Waals surface area contributed by atoms with Gasteiger partial charge >= 0.3 is 6.11 Å². The lowest BCUT2D eigenvalue weighted by atomic mass is 9.68. The van der Waals surface area contributed by atoms with Crippen molar-refractivity contribution < 1.29 is 35.5 Å². The largest absolute Gasteiger partial charge is 0.432 e. The highest BCUT2D eigenvalue weighted by atomic mass is 19.3. The Labute approximate surface area is 207 Å². The Kier molecular flexibility index (Phi) is 8.20. The van der Waals surface area contributed by atoms with E-state index in [-0.39, 0.29) is 18.1 Å². The highest BCUT2D eigenvalue weighted by Gasteiger charge is 2.42. The molecule has 0 atom stereocenters. The van der Waals surface area contributed by atoms with Gasteiger partial charge < -0.3 is 4.74 Å². The monoisotopic (exact) mass is 516 g/mol. The quantitative estimate of drug-likeness (QED) is 0.263. The normalized spacial score (nSPS) is 25.1. The predicted molar refractivity (Wildman–Crippen MR) is 122 cm³/mol. The second-order valence-electron chi connectivity index (χ2n) is 10.4. The maximum Gasteiger partial charge on any atom is 0.432 e. The Morgan fingerprint density at radius 2 is 1.22 bits per heavy atom. The van der Waals surface area contributed by atoms with Crippen LogP contribution in [0.5, 0.6) is 5.75 Å². The number of ether oxygens (including phenoxy) is 1. The van der Waals surface area contributed by atoms with Crippen molar-refractivity contribution in [3.63, 3.8) is 0 Å². The van der Waals surface area contributed by atoms with E-state index in [1.165, 1.54) is 38.5 Å². The zero-order valence-electron chi connectivity index (χ0n) is 20.2. The Bertz CT molecular complexity index is 1010. The molecule has 2 fully saturated rings. The van der Waals surface area contributed by atoms with Gasteiger partial charge in [0, 0.05) is 12.1 Å². The molecule has 0 spiro atoms. The molecule has 1 nitrogen and oxygen atoms in total. The maximum absolute atomic E-state index is 14.7. The van der Waals surface area contributed by atoms with Gasteiger partial charge in [-0.15, -0.1) is 0 Å². The average molecular weight is 517 g/mol. The first-order valence-electron chi connectivity index (χ1n) is 12.8. The number of halogens is 7. The highest BCUT2D eigenvalue weighted by molar-refractivity contribution is 5.33. The molecule has 0 N–H and O–H groups in total. The molecular formula is C28H31F7O. The summed E-state index contributed by atoms with van der Waals surface area (Å²) in [5, 5.41) is 0. The van der Waals surface area contributed by atoms with Gasteiger partial charge in [-0.05, 0) is 79.9 Å². The van der Waals surface area contributed by atoms with Crippen LogP contribution >= 0.6 is 0 Å². The molecule has 4 rings (SSSR count). The van der Waals surface area contributed by atoms with E-state index in [1.54, 1.807) is 0 Å². The van der Waals surface area contributed by atoms with Gasteiger partial charge in [0.25, 0.3) is 0 Å². The molecule has 0 saturated heterocycles. The number of hydrogen-bond acceptors (Lipinski definition) is 1. The van der Waals surface area contributed by atoms with Crippen LogP contribution in [0.3, 0.4) is 0 Å². The standard InChI is InChI=1S/C28H31F7O/c1-2-3-16-4-6-17(7-5-16)18-8-10-19(11-9-18)20-12-22(29)26(23(30)13-20)28(34,35)36-21-14-24(31)27(33)25(32)15-21/h12-19H,2-11H2,1H3/t16-,17-,18?,19?. The van der Waals surface area contributed by atoms with Crippen molar-refractivity contribution in [2.24, 2.45) is 17.8 Å². The average Bonchev–Trinajstić information content (AvgIpc) is 2.82. The Balaban J connectivity index is 1.42. The van der Waals surface area contributed by atoms with Gasteiger partial charge in [-0.2, -0.15) is 8.78 Å². The summed E-state index contributed by atoms with van der Waals surface area (Å²) in [6.45, 7) is 2.22. The molecule has 0 aromatic heterocycles. The third-order valence-corrected chi connectivity index (χ3v) is 8.06.